The van der Waals surface area contributed by atoms with Crippen LogP contribution in [0.5, 0.6) is 0 Å². The number of aliphatic hydroxyl groups excluding tert-OH is 1. The lowest BCUT2D eigenvalue weighted by Gasteiger charge is -2.14. The Morgan fingerprint density at radius 1 is 1.38 bits per heavy atom. The minimum absolute atomic E-state index is 0. The van der Waals surface area contributed by atoms with Gasteiger partial charge in [-0.2, -0.15) is 0 Å². The van der Waals surface area contributed by atoms with E-state index in [1.54, 1.807) is 17.4 Å². The van der Waals surface area contributed by atoms with Crippen LogP contribution in [-0.2, 0) is 13.0 Å². The van der Waals surface area contributed by atoms with E-state index in [2.05, 4.69) is 27.5 Å². The predicted octanol–water partition coefficient (Wildman–Crippen LogP) is 3.83. The molecule has 0 amide bonds. The van der Waals surface area contributed by atoms with Gasteiger partial charge >= 0.3 is 0 Å². The van der Waals surface area contributed by atoms with Crippen molar-refractivity contribution in [1.29, 1.82) is 0 Å². The maximum Gasteiger partial charge on any atom is 0.191 e. The number of guanidine groups is 1. The van der Waals surface area contributed by atoms with Gasteiger partial charge in [0.25, 0.3) is 0 Å². The highest BCUT2D eigenvalue weighted by atomic mass is 127. The Labute approximate surface area is 172 Å². The molecule has 2 heterocycles. The molecule has 0 bridgehead atoms. The second kappa shape index (κ2) is 11.2. The molecular weight excluding hydrogens is 479 g/mol. The summed E-state index contributed by atoms with van der Waals surface area (Å²) in [6.45, 7) is 5.75. The molecular formula is C15H22ClIN4OS2. The number of aromatic nitrogens is 1. The number of rotatable bonds is 7. The molecule has 2 aromatic rings. The summed E-state index contributed by atoms with van der Waals surface area (Å²) in [5.41, 5.74) is 0.967. The lowest BCUT2D eigenvalue weighted by Crippen LogP contribution is -2.39. The number of hydrogen-bond donors (Lipinski definition) is 3. The zero-order valence-electron chi connectivity index (χ0n) is 13.6. The molecule has 134 valence electrons. The molecule has 0 radical (unpaired) electrons. The minimum Gasteiger partial charge on any atom is -0.386 e. The van der Waals surface area contributed by atoms with Gasteiger partial charge in [0, 0.05) is 23.3 Å². The summed E-state index contributed by atoms with van der Waals surface area (Å²) in [7, 11) is 0. The number of nitrogens with zero attached hydrogens (tertiary/aromatic N) is 2. The number of aliphatic imine (C=N–C) groups is 1. The Balaban J connectivity index is 0.00000288. The van der Waals surface area contributed by atoms with Crippen LogP contribution in [0.15, 0.2) is 22.5 Å². The topological polar surface area (TPSA) is 69.5 Å². The van der Waals surface area contributed by atoms with Crippen LogP contribution in [-0.4, -0.2) is 29.1 Å². The molecule has 24 heavy (non-hydrogen) atoms. The van der Waals surface area contributed by atoms with Crippen molar-refractivity contribution >= 4 is 64.2 Å². The third-order valence-corrected chi connectivity index (χ3v) is 5.40. The smallest absolute Gasteiger partial charge is 0.191 e. The van der Waals surface area contributed by atoms with Crippen molar-refractivity contribution in [3.05, 3.63) is 37.4 Å². The Morgan fingerprint density at radius 2 is 2.17 bits per heavy atom. The SMILES string of the molecule is CCNC(=NCc1csc(CC)n1)NCC(O)c1ccc(Cl)s1.I. The summed E-state index contributed by atoms with van der Waals surface area (Å²) in [5, 5.41) is 19.6. The summed E-state index contributed by atoms with van der Waals surface area (Å²) in [5.74, 6) is 0.667. The molecule has 0 aliphatic heterocycles. The summed E-state index contributed by atoms with van der Waals surface area (Å²) < 4.78 is 0.676. The van der Waals surface area contributed by atoms with E-state index in [9.17, 15) is 5.11 Å². The van der Waals surface area contributed by atoms with Gasteiger partial charge in [0.2, 0.25) is 0 Å². The van der Waals surface area contributed by atoms with Gasteiger partial charge in [0.05, 0.1) is 21.6 Å². The molecule has 0 saturated carbocycles. The molecule has 0 spiro atoms. The van der Waals surface area contributed by atoms with Crippen molar-refractivity contribution < 1.29 is 5.11 Å². The number of halogens is 2. The zero-order chi connectivity index (χ0) is 16.7. The lowest BCUT2D eigenvalue weighted by molar-refractivity contribution is 0.184. The monoisotopic (exact) mass is 500 g/mol. The van der Waals surface area contributed by atoms with Crippen molar-refractivity contribution in [2.75, 3.05) is 13.1 Å². The van der Waals surface area contributed by atoms with Crippen molar-refractivity contribution in [1.82, 2.24) is 15.6 Å². The standard InChI is InChI=1S/C15H21ClN4OS2.HI/c1-3-14-20-10(9-22-14)7-18-15(17-4-2)19-8-11(21)12-5-6-13(16)23-12;/h5-6,9,11,21H,3-4,7-8H2,1-2H3,(H2,17,18,19);1H. The first-order valence-electron chi connectivity index (χ1n) is 7.51. The highest BCUT2D eigenvalue weighted by molar-refractivity contribution is 14.0. The quantitative estimate of drug-likeness (QED) is 0.307. The number of hydrogen-bond acceptors (Lipinski definition) is 5. The predicted molar refractivity (Wildman–Crippen MR) is 114 cm³/mol. The van der Waals surface area contributed by atoms with Gasteiger partial charge in [0.15, 0.2) is 5.96 Å². The van der Waals surface area contributed by atoms with Crippen molar-refractivity contribution in [2.24, 2.45) is 4.99 Å². The normalized spacial score (nSPS) is 12.6. The fraction of sp³-hybridized carbons (Fsp3) is 0.467. The van der Waals surface area contributed by atoms with Crippen LogP contribution in [0, 0.1) is 0 Å². The van der Waals surface area contributed by atoms with E-state index in [0.717, 1.165) is 28.5 Å². The van der Waals surface area contributed by atoms with Crippen LogP contribution in [0.25, 0.3) is 0 Å². The second-order valence-corrected chi connectivity index (χ2v) is 7.51. The summed E-state index contributed by atoms with van der Waals surface area (Å²) in [6.07, 6.45) is 0.338. The third kappa shape index (κ3) is 6.83. The average Bonchev–Trinajstić information content (AvgIpc) is 3.18. The summed E-state index contributed by atoms with van der Waals surface area (Å²) in [4.78, 5) is 9.85. The zero-order valence-corrected chi connectivity index (χ0v) is 18.3. The first kappa shape index (κ1) is 21.6. The van der Waals surface area contributed by atoms with Gasteiger partial charge in [-0.15, -0.1) is 46.7 Å². The van der Waals surface area contributed by atoms with Gasteiger partial charge in [0.1, 0.15) is 6.10 Å². The Kier molecular flexibility index (Phi) is 10.1. The van der Waals surface area contributed by atoms with E-state index < -0.39 is 6.10 Å². The highest BCUT2D eigenvalue weighted by Gasteiger charge is 2.11. The first-order valence-corrected chi connectivity index (χ1v) is 9.58. The van der Waals surface area contributed by atoms with Crippen molar-refractivity contribution in [2.45, 2.75) is 32.9 Å². The maximum atomic E-state index is 10.2. The second-order valence-electron chi connectivity index (χ2n) is 4.82. The number of aliphatic hydroxyl groups is 1. The molecule has 3 N–H and O–H groups in total. The lowest BCUT2D eigenvalue weighted by atomic mass is 10.3. The van der Waals surface area contributed by atoms with Crippen LogP contribution in [0.2, 0.25) is 4.34 Å². The fourth-order valence-corrected chi connectivity index (χ4v) is 3.67. The molecule has 0 fully saturated rings. The molecule has 2 aromatic heterocycles. The Hall–Kier alpha value is -0.420. The van der Waals surface area contributed by atoms with E-state index in [4.69, 9.17) is 11.6 Å². The van der Waals surface area contributed by atoms with E-state index in [0.29, 0.717) is 23.4 Å². The molecule has 2 rings (SSSR count). The van der Waals surface area contributed by atoms with Crippen molar-refractivity contribution in [3.8, 4) is 0 Å². The first-order chi connectivity index (χ1) is 11.1. The molecule has 0 aliphatic carbocycles. The van der Waals surface area contributed by atoms with Crippen LogP contribution >= 0.6 is 58.3 Å². The van der Waals surface area contributed by atoms with Gasteiger partial charge in [-0.1, -0.05) is 18.5 Å². The van der Waals surface area contributed by atoms with Crippen molar-refractivity contribution in [3.63, 3.8) is 0 Å². The van der Waals surface area contributed by atoms with Gasteiger partial charge in [-0.25, -0.2) is 9.98 Å². The van der Waals surface area contributed by atoms with Gasteiger partial charge in [-0.3, -0.25) is 0 Å². The van der Waals surface area contributed by atoms with E-state index >= 15 is 0 Å². The van der Waals surface area contributed by atoms with Crippen LogP contribution < -0.4 is 10.6 Å². The third-order valence-electron chi connectivity index (χ3n) is 3.03. The van der Waals surface area contributed by atoms with Gasteiger partial charge < -0.3 is 15.7 Å². The van der Waals surface area contributed by atoms with E-state index in [1.165, 1.54) is 11.3 Å². The number of aryl methyl sites for hydroxylation is 1. The molecule has 0 saturated heterocycles. The van der Waals surface area contributed by atoms with Crippen LogP contribution in [0.4, 0.5) is 0 Å². The minimum atomic E-state index is -0.609. The molecule has 0 aromatic carbocycles. The number of thiazole rings is 1. The molecule has 9 heteroatoms. The number of nitrogens with one attached hydrogen (secondary N) is 2. The van der Waals surface area contributed by atoms with Gasteiger partial charge in [-0.05, 0) is 25.5 Å². The average molecular weight is 501 g/mol. The van der Waals surface area contributed by atoms with Crippen LogP contribution in [0.1, 0.15) is 35.5 Å². The largest absolute Gasteiger partial charge is 0.386 e. The fourth-order valence-electron chi connectivity index (χ4n) is 1.89. The molecule has 0 aliphatic rings. The Morgan fingerprint density at radius 3 is 2.75 bits per heavy atom. The molecule has 1 atom stereocenters. The summed E-state index contributed by atoms with van der Waals surface area (Å²) >= 11 is 8.94. The summed E-state index contributed by atoms with van der Waals surface area (Å²) in [6, 6.07) is 3.63. The van der Waals surface area contributed by atoms with E-state index in [-0.39, 0.29) is 24.0 Å². The number of thiophene rings is 1. The highest BCUT2D eigenvalue weighted by Crippen LogP contribution is 2.26. The van der Waals surface area contributed by atoms with Crippen LogP contribution in [0.3, 0.4) is 0 Å². The van der Waals surface area contributed by atoms with E-state index in [1.807, 2.05) is 18.4 Å². The maximum absolute atomic E-state index is 10.2. The molecule has 1 unspecified atom stereocenters. The Bertz CT molecular complexity index is 647. The molecule has 5 nitrogen and oxygen atoms in total.